The van der Waals surface area contributed by atoms with Crippen molar-refractivity contribution in [1.82, 2.24) is 4.98 Å². The van der Waals surface area contributed by atoms with Gasteiger partial charge in [-0.3, -0.25) is 4.79 Å². The molecule has 0 aliphatic rings. The Morgan fingerprint density at radius 2 is 2.55 bits per heavy atom. The van der Waals surface area contributed by atoms with Crippen molar-refractivity contribution in [2.45, 2.75) is 0 Å². The SMILES string of the molecule is O=C(Cl)/C=C/c1csc(Br)n1. The zero-order valence-electron chi connectivity index (χ0n) is 5.25. The second-order valence-electron chi connectivity index (χ2n) is 1.66. The quantitative estimate of drug-likeness (QED) is 0.598. The molecule has 1 heterocycles. The van der Waals surface area contributed by atoms with Crippen LogP contribution in [0.25, 0.3) is 6.08 Å². The highest BCUT2D eigenvalue weighted by Gasteiger charge is 1.94. The molecule has 0 fully saturated rings. The summed E-state index contributed by atoms with van der Waals surface area (Å²) in [5.41, 5.74) is 0.732. The maximum atomic E-state index is 10.3. The van der Waals surface area contributed by atoms with E-state index in [2.05, 4.69) is 20.9 Å². The van der Waals surface area contributed by atoms with Crippen LogP contribution in [0.2, 0.25) is 0 Å². The molecular formula is C6H3BrClNOS. The van der Waals surface area contributed by atoms with Crippen LogP contribution in [0.1, 0.15) is 5.69 Å². The van der Waals surface area contributed by atoms with Gasteiger partial charge in [-0.2, -0.15) is 0 Å². The second kappa shape index (κ2) is 3.99. The Morgan fingerprint density at radius 1 is 1.82 bits per heavy atom. The van der Waals surface area contributed by atoms with Gasteiger partial charge < -0.3 is 0 Å². The summed E-state index contributed by atoms with van der Waals surface area (Å²) in [5, 5.41) is 1.33. The molecule has 5 heteroatoms. The molecule has 1 aromatic rings. The van der Waals surface area contributed by atoms with Gasteiger partial charge in [-0.25, -0.2) is 4.98 Å². The van der Waals surface area contributed by atoms with Crippen LogP contribution >= 0.6 is 38.9 Å². The smallest absolute Gasteiger partial charge is 0.245 e. The summed E-state index contributed by atoms with van der Waals surface area (Å²) in [4.78, 5) is 14.3. The van der Waals surface area contributed by atoms with Gasteiger partial charge in [0, 0.05) is 5.38 Å². The zero-order chi connectivity index (χ0) is 8.27. The van der Waals surface area contributed by atoms with Gasteiger partial charge in [0.15, 0.2) is 3.92 Å². The Hall–Kier alpha value is -0.190. The lowest BCUT2D eigenvalue weighted by molar-refractivity contribution is -0.107. The standard InChI is InChI=1S/C6H3BrClNOS/c7-6-9-4(3-11-6)1-2-5(8)10/h1-3H/b2-1+. The Morgan fingerprint density at radius 3 is 3.00 bits per heavy atom. The lowest BCUT2D eigenvalue weighted by atomic mass is 10.4. The molecule has 0 atom stereocenters. The third-order valence-electron chi connectivity index (χ3n) is 0.879. The number of carbonyl (C=O) groups is 1. The number of nitrogens with zero attached hydrogens (tertiary/aromatic N) is 1. The molecule has 0 N–H and O–H groups in total. The summed E-state index contributed by atoms with van der Waals surface area (Å²) in [6, 6.07) is 0. The molecule has 0 aliphatic carbocycles. The highest BCUT2D eigenvalue weighted by Crippen LogP contribution is 2.16. The number of halogens is 2. The van der Waals surface area contributed by atoms with Crippen LogP contribution in [0.15, 0.2) is 15.4 Å². The minimum atomic E-state index is -0.492. The van der Waals surface area contributed by atoms with Gasteiger partial charge in [0.2, 0.25) is 5.24 Å². The molecule has 0 radical (unpaired) electrons. The van der Waals surface area contributed by atoms with E-state index in [9.17, 15) is 4.79 Å². The van der Waals surface area contributed by atoms with E-state index in [-0.39, 0.29) is 0 Å². The van der Waals surface area contributed by atoms with E-state index in [4.69, 9.17) is 11.6 Å². The van der Waals surface area contributed by atoms with E-state index in [1.165, 1.54) is 17.4 Å². The number of carbonyl (C=O) groups excluding carboxylic acids is 1. The molecular weight excluding hydrogens is 249 g/mol. The maximum Gasteiger partial charge on any atom is 0.245 e. The fourth-order valence-corrected chi connectivity index (χ4v) is 1.55. The predicted molar refractivity (Wildman–Crippen MR) is 49.7 cm³/mol. The van der Waals surface area contributed by atoms with Crippen molar-refractivity contribution >= 4 is 50.2 Å². The molecule has 0 amide bonds. The summed E-state index contributed by atoms with van der Waals surface area (Å²) >= 11 is 9.72. The van der Waals surface area contributed by atoms with Crippen LogP contribution in [0.5, 0.6) is 0 Å². The van der Waals surface area contributed by atoms with Crippen molar-refractivity contribution in [3.63, 3.8) is 0 Å². The number of aromatic nitrogens is 1. The topological polar surface area (TPSA) is 30.0 Å². The zero-order valence-corrected chi connectivity index (χ0v) is 8.41. The van der Waals surface area contributed by atoms with Gasteiger partial charge in [-0.1, -0.05) is 0 Å². The number of thiazole rings is 1. The second-order valence-corrected chi connectivity index (χ2v) is 4.17. The van der Waals surface area contributed by atoms with Crippen molar-refractivity contribution in [1.29, 1.82) is 0 Å². The Balaban J connectivity index is 2.71. The Labute approximate surface area is 81.0 Å². The molecule has 58 valence electrons. The third-order valence-corrected chi connectivity index (χ3v) is 2.39. The molecule has 0 bridgehead atoms. The molecule has 0 saturated carbocycles. The van der Waals surface area contributed by atoms with Gasteiger partial charge in [0.1, 0.15) is 0 Å². The molecule has 0 spiro atoms. The molecule has 0 unspecified atom stereocenters. The summed E-state index contributed by atoms with van der Waals surface area (Å²) < 4.78 is 0.791. The normalized spacial score (nSPS) is 10.7. The minimum Gasteiger partial charge on any atom is -0.276 e. The van der Waals surface area contributed by atoms with Gasteiger partial charge in [0.25, 0.3) is 0 Å². The highest BCUT2D eigenvalue weighted by molar-refractivity contribution is 9.11. The lowest BCUT2D eigenvalue weighted by Gasteiger charge is -1.78. The van der Waals surface area contributed by atoms with Crippen LogP contribution in [-0.2, 0) is 4.79 Å². The average molecular weight is 253 g/mol. The molecule has 0 aromatic carbocycles. The fourth-order valence-electron chi connectivity index (χ4n) is 0.491. The monoisotopic (exact) mass is 251 g/mol. The summed E-state index contributed by atoms with van der Waals surface area (Å²) in [7, 11) is 0. The van der Waals surface area contributed by atoms with Crippen LogP contribution in [-0.4, -0.2) is 10.2 Å². The molecule has 0 saturated heterocycles. The molecule has 11 heavy (non-hydrogen) atoms. The van der Waals surface area contributed by atoms with E-state index in [1.54, 1.807) is 6.08 Å². The van der Waals surface area contributed by atoms with Crippen molar-refractivity contribution in [2.75, 3.05) is 0 Å². The molecule has 1 rings (SSSR count). The average Bonchev–Trinajstić information content (AvgIpc) is 2.31. The number of hydrogen-bond acceptors (Lipinski definition) is 3. The van der Waals surface area contributed by atoms with Gasteiger partial charge in [0.05, 0.1) is 5.69 Å². The van der Waals surface area contributed by atoms with Crippen LogP contribution in [0, 0.1) is 0 Å². The number of hydrogen-bond donors (Lipinski definition) is 0. The van der Waals surface area contributed by atoms with E-state index >= 15 is 0 Å². The molecule has 2 nitrogen and oxygen atoms in total. The Kier molecular flexibility index (Phi) is 3.23. The number of rotatable bonds is 2. The first kappa shape index (κ1) is 8.90. The highest BCUT2D eigenvalue weighted by atomic mass is 79.9. The van der Waals surface area contributed by atoms with Crippen LogP contribution < -0.4 is 0 Å². The fraction of sp³-hybridized carbons (Fsp3) is 0. The van der Waals surface area contributed by atoms with Gasteiger partial charge in [-0.15, -0.1) is 11.3 Å². The van der Waals surface area contributed by atoms with Crippen molar-refractivity contribution < 1.29 is 4.79 Å². The first-order chi connectivity index (χ1) is 5.18. The molecule has 1 aromatic heterocycles. The molecule has 0 aliphatic heterocycles. The first-order valence-electron chi connectivity index (χ1n) is 2.67. The predicted octanol–water partition coefficient (Wildman–Crippen LogP) is 2.68. The van der Waals surface area contributed by atoms with E-state index < -0.39 is 5.24 Å². The summed E-state index contributed by atoms with van der Waals surface area (Å²) in [6.45, 7) is 0. The largest absolute Gasteiger partial charge is 0.276 e. The van der Waals surface area contributed by atoms with Crippen molar-refractivity contribution in [3.8, 4) is 0 Å². The van der Waals surface area contributed by atoms with Crippen LogP contribution in [0.4, 0.5) is 0 Å². The van der Waals surface area contributed by atoms with Crippen LogP contribution in [0.3, 0.4) is 0 Å². The van der Waals surface area contributed by atoms with Gasteiger partial charge >= 0.3 is 0 Å². The van der Waals surface area contributed by atoms with E-state index in [0.717, 1.165) is 9.61 Å². The van der Waals surface area contributed by atoms with Crippen molar-refractivity contribution in [2.24, 2.45) is 0 Å². The lowest BCUT2D eigenvalue weighted by Crippen LogP contribution is -1.75. The minimum absolute atomic E-state index is 0.492. The van der Waals surface area contributed by atoms with Crippen molar-refractivity contribution in [3.05, 3.63) is 21.1 Å². The third kappa shape index (κ3) is 3.14. The van der Waals surface area contributed by atoms with Gasteiger partial charge in [-0.05, 0) is 39.7 Å². The maximum absolute atomic E-state index is 10.3. The van der Waals surface area contributed by atoms with E-state index in [0.29, 0.717) is 0 Å². The summed E-state index contributed by atoms with van der Waals surface area (Å²) in [5.74, 6) is 0. The summed E-state index contributed by atoms with van der Waals surface area (Å²) in [6.07, 6.45) is 2.83. The van der Waals surface area contributed by atoms with E-state index in [1.807, 2.05) is 5.38 Å². The first-order valence-corrected chi connectivity index (χ1v) is 4.72. The Bertz CT molecular complexity index is 297. The number of allylic oxidation sites excluding steroid dienone is 1.